The van der Waals surface area contributed by atoms with Gasteiger partial charge in [-0.2, -0.15) is 31.6 Å². The van der Waals surface area contributed by atoms with E-state index in [1.165, 1.54) is 18.2 Å². The fourth-order valence-corrected chi connectivity index (χ4v) is 4.10. The fourth-order valence-electron chi connectivity index (χ4n) is 2.74. The topological polar surface area (TPSA) is 82.0 Å². The second kappa shape index (κ2) is 10.2. The standard InChI is InChI=1S/C23H22ClF6N3O2S/c1-13(21(2,3)4)32-20(19(12-31)36(34,35)18-7-5-16(24)6-8-18)33-17-10-14(22(25,26)27)9-15(11-17)23(28,29)30/h5-11,13,32-33H,1-4H3/b20-19+/t13-/m0/s1. The van der Waals surface area contributed by atoms with Crippen LogP contribution in [-0.2, 0) is 22.2 Å². The molecule has 0 aromatic heterocycles. The van der Waals surface area contributed by atoms with Crippen molar-refractivity contribution in [3.63, 3.8) is 0 Å². The first-order valence-corrected chi connectivity index (χ1v) is 12.1. The summed E-state index contributed by atoms with van der Waals surface area (Å²) in [6, 6.07) is 6.39. The van der Waals surface area contributed by atoms with Crippen LogP contribution in [0.25, 0.3) is 0 Å². The maximum absolute atomic E-state index is 13.3. The van der Waals surface area contributed by atoms with Crippen LogP contribution in [0.2, 0.25) is 5.02 Å². The minimum Gasteiger partial charge on any atom is -0.367 e. The molecular formula is C23H22ClF6N3O2S. The number of sulfone groups is 1. The van der Waals surface area contributed by atoms with Crippen molar-refractivity contribution in [2.24, 2.45) is 5.41 Å². The van der Waals surface area contributed by atoms with Crippen molar-refractivity contribution in [1.29, 1.82) is 5.26 Å². The Morgan fingerprint density at radius 3 is 1.81 bits per heavy atom. The van der Waals surface area contributed by atoms with Crippen molar-refractivity contribution in [3.05, 3.63) is 69.3 Å². The Kier molecular flexibility index (Phi) is 8.32. The summed E-state index contributed by atoms with van der Waals surface area (Å²) in [4.78, 5) is -1.29. The molecule has 0 spiro atoms. The molecule has 0 heterocycles. The summed E-state index contributed by atoms with van der Waals surface area (Å²) in [5.74, 6) is -0.581. The van der Waals surface area contributed by atoms with E-state index in [9.17, 15) is 40.0 Å². The van der Waals surface area contributed by atoms with E-state index in [0.29, 0.717) is 12.1 Å². The molecule has 36 heavy (non-hydrogen) atoms. The SMILES string of the molecule is C[C@H](N/C(Nc1cc(C(F)(F)F)cc(C(F)(F)F)c1)=C(/C#N)S(=O)(=O)c1ccc(Cl)cc1)C(C)(C)C. The van der Waals surface area contributed by atoms with E-state index in [1.807, 2.05) is 0 Å². The number of hydrogen-bond acceptors (Lipinski definition) is 5. The molecule has 0 saturated carbocycles. The van der Waals surface area contributed by atoms with Crippen LogP contribution < -0.4 is 10.6 Å². The van der Waals surface area contributed by atoms with E-state index in [4.69, 9.17) is 11.6 Å². The zero-order chi connectivity index (χ0) is 27.7. The third-order valence-electron chi connectivity index (χ3n) is 5.24. The van der Waals surface area contributed by atoms with Crippen molar-refractivity contribution in [1.82, 2.24) is 5.32 Å². The van der Waals surface area contributed by atoms with Crippen LogP contribution in [-0.4, -0.2) is 14.5 Å². The van der Waals surface area contributed by atoms with Crippen LogP contribution in [0.15, 0.2) is 58.1 Å². The number of hydrogen-bond donors (Lipinski definition) is 2. The van der Waals surface area contributed by atoms with Gasteiger partial charge in [0, 0.05) is 16.8 Å². The normalized spacial score (nSPS) is 14.5. The van der Waals surface area contributed by atoms with Crippen LogP contribution in [0.5, 0.6) is 0 Å². The van der Waals surface area contributed by atoms with Crippen molar-refractivity contribution < 1.29 is 34.8 Å². The molecule has 2 aromatic carbocycles. The van der Waals surface area contributed by atoms with Gasteiger partial charge in [-0.1, -0.05) is 32.4 Å². The molecule has 2 aromatic rings. The number of nitrogens with one attached hydrogen (secondary N) is 2. The average molecular weight is 554 g/mol. The van der Waals surface area contributed by atoms with Crippen LogP contribution in [0, 0.1) is 16.7 Å². The highest BCUT2D eigenvalue weighted by Crippen LogP contribution is 2.38. The van der Waals surface area contributed by atoms with Gasteiger partial charge in [-0.25, -0.2) is 8.42 Å². The van der Waals surface area contributed by atoms with Crippen molar-refractivity contribution in [3.8, 4) is 6.07 Å². The maximum Gasteiger partial charge on any atom is 0.416 e. The molecular weight excluding hydrogens is 532 g/mol. The van der Waals surface area contributed by atoms with Crippen LogP contribution >= 0.6 is 11.6 Å². The quantitative estimate of drug-likeness (QED) is 0.298. The number of nitrogens with zero attached hydrogens (tertiary/aromatic N) is 1. The van der Waals surface area contributed by atoms with Crippen molar-refractivity contribution >= 4 is 27.1 Å². The summed E-state index contributed by atoms with van der Waals surface area (Å²) in [6.07, 6.45) is -10.2. The van der Waals surface area contributed by atoms with Crippen LogP contribution in [0.1, 0.15) is 38.8 Å². The first kappa shape index (κ1) is 29.3. The molecule has 0 bridgehead atoms. The summed E-state index contributed by atoms with van der Waals surface area (Å²) < 4.78 is 106. The van der Waals surface area contributed by atoms with Crippen molar-refractivity contribution in [2.75, 3.05) is 5.32 Å². The zero-order valence-corrected chi connectivity index (χ0v) is 21.0. The maximum atomic E-state index is 13.3. The van der Waals surface area contributed by atoms with Crippen molar-refractivity contribution in [2.45, 2.75) is 51.0 Å². The number of nitriles is 1. The number of anilines is 1. The second-order valence-electron chi connectivity index (χ2n) is 8.92. The summed E-state index contributed by atoms with van der Waals surface area (Å²) in [5.41, 5.74) is -4.49. The Bertz CT molecular complexity index is 1260. The fraction of sp³-hybridized carbons (Fsp3) is 0.348. The largest absolute Gasteiger partial charge is 0.416 e. The van der Waals surface area contributed by atoms with Gasteiger partial charge in [0.15, 0.2) is 4.91 Å². The van der Waals surface area contributed by atoms with E-state index in [2.05, 4.69) is 10.6 Å². The van der Waals surface area contributed by atoms with E-state index in [-0.39, 0.29) is 16.0 Å². The molecule has 196 valence electrons. The monoisotopic (exact) mass is 553 g/mol. The molecule has 2 N–H and O–H groups in total. The number of allylic oxidation sites excluding steroid dienone is 1. The lowest BCUT2D eigenvalue weighted by atomic mass is 9.88. The molecule has 0 amide bonds. The number of rotatable bonds is 6. The molecule has 0 unspecified atom stereocenters. The predicted molar refractivity (Wildman–Crippen MR) is 123 cm³/mol. The Labute approximate surface area is 209 Å². The van der Waals surface area contributed by atoms with Gasteiger partial charge in [-0.15, -0.1) is 0 Å². The van der Waals surface area contributed by atoms with E-state index >= 15 is 0 Å². The Hall–Kier alpha value is -2.91. The van der Waals surface area contributed by atoms with Gasteiger partial charge in [0.25, 0.3) is 0 Å². The van der Waals surface area contributed by atoms with Gasteiger partial charge in [-0.3, -0.25) is 0 Å². The molecule has 0 saturated heterocycles. The summed E-state index contributed by atoms with van der Waals surface area (Å²) in [7, 11) is -4.56. The summed E-state index contributed by atoms with van der Waals surface area (Å²) >= 11 is 5.79. The number of benzene rings is 2. The Morgan fingerprint density at radius 1 is 0.944 bits per heavy atom. The Balaban J connectivity index is 2.78. The van der Waals surface area contributed by atoms with Gasteiger partial charge >= 0.3 is 12.4 Å². The number of alkyl halides is 6. The molecule has 0 aliphatic rings. The van der Waals surface area contributed by atoms with Gasteiger partial charge in [0.05, 0.1) is 16.0 Å². The van der Waals surface area contributed by atoms with Crippen LogP contribution in [0.3, 0.4) is 0 Å². The lowest BCUT2D eigenvalue weighted by Gasteiger charge is -2.31. The molecule has 5 nitrogen and oxygen atoms in total. The Morgan fingerprint density at radius 2 is 1.42 bits per heavy atom. The third kappa shape index (κ3) is 7.07. The van der Waals surface area contributed by atoms with Gasteiger partial charge in [0.1, 0.15) is 11.9 Å². The minimum absolute atomic E-state index is 0.0601. The van der Waals surface area contributed by atoms with E-state index in [1.54, 1.807) is 27.7 Å². The summed E-state index contributed by atoms with van der Waals surface area (Å²) in [5, 5.41) is 15.0. The molecule has 0 aliphatic carbocycles. The molecule has 2 rings (SSSR count). The second-order valence-corrected chi connectivity index (χ2v) is 11.2. The average Bonchev–Trinajstić information content (AvgIpc) is 2.72. The van der Waals surface area contributed by atoms with E-state index in [0.717, 1.165) is 12.1 Å². The first-order valence-electron chi connectivity index (χ1n) is 10.2. The smallest absolute Gasteiger partial charge is 0.367 e. The highest BCUT2D eigenvalue weighted by Gasteiger charge is 2.37. The van der Waals surface area contributed by atoms with Crippen LogP contribution in [0.4, 0.5) is 32.0 Å². The molecule has 0 fully saturated rings. The third-order valence-corrected chi connectivity index (χ3v) is 7.22. The van der Waals surface area contributed by atoms with Gasteiger partial charge in [-0.05, 0) is 54.8 Å². The van der Waals surface area contributed by atoms with E-state index < -0.39 is 61.2 Å². The minimum atomic E-state index is -5.12. The summed E-state index contributed by atoms with van der Waals surface area (Å²) in [6.45, 7) is 6.88. The molecule has 13 heteroatoms. The predicted octanol–water partition coefficient (Wildman–Crippen LogP) is 6.98. The first-order chi connectivity index (χ1) is 16.3. The van der Waals surface area contributed by atoms with Gasteiger partial charge < -0.3 is 10.6 Å². The number of halogens is 7. The lowest BCUT2D eigenvalue weighted by Crippen LogP contribution is -2.40. The van der Waals surface area contributed by atoms with Gasteiger partial charge in [0.2, 0.25) is 9.84 Å². The lowest BCUT2D eigenvalue weighted by molar-refractivity contribution is -0.143. The molecule has 1 atom stereocenters. The highest BCUT2D eigenvalue weighted by atomic mass is 35.5. The molecule has 0 radical (unpaired) electrons. The molecule has 0 aliphatic heterocycles. The highest BCUT2D eigenvalue weighted by molar-refractivity contribution is 7.95. The zero-order valence-electron chi connectivity index (χ0n) is 19.4.